The molecule has 0 saturated heterocycles. The van der Waals surface area contributed by atoms with Gasteiger partial charge in [0.25, 0.3) is 5.91 Å². The number of amides is 1. The molecule has 2 aromatic heterocycles. The number of pyridine rings is 1. The van der Waals surface area contributed by atoms with Gasteiger partial charge in [-0.05, 0) is 55.8 Å². The van der Waals surface area contributed by atoms with E-state index in [1.54, 1.807) is 12.4 Å². The number of aryl methyl sites for hydroxylation is 1. The number of aromatic nitrogens is 4. The molecule has 0 aliphatic carbocycles. The van der Waals surface area contributed by atoms with Gasteiger partial charge in [-0.25, -0.2) is 5.43 Å². The van der Waals surface area contributed by atoms with Gasteiger partial charge in [0.2, 0.25) is 0 Å². The number of hydrogen-bond donors (Lipinski definition) is 1. The van der Waals surface area contributed by atoms with Gasteiger partial charge in [0.15, 0.2) is 11.0 Å². The summed E-state index contributed by atoms with van der Waals surface area (Å²) in [5.41, 5.74) is 7.29. The summed E-state index contributed by atoms with van der Waals surface area (Å²) in [5.74, 6) is 0.605. The van der Waals surface area contributed by atoms with Crippen LogP contribution >= 0.6 is 27.7 Å². The lowest BCUT2D eigenvalue weighted by atomic mass is 10.1. The first-order valence-electron chi connectivity index (χ1n) is 10.2. The maximum atomic E-state index is 12.5. The van der Waals surface area contributed by atoms with Crippen LogP contribution in [0.5, 0.6) is 0 Å². The van der Waals surface area contributed by atoms with Crippen molar-refractivity contribution in [1.82, 2.24) is 25.2 Å². The molecule has 0 bridgehead atoms. The quantitative estimate of drug-likeness (QED) is 0.210. The van der Waals surface area contributed by atoms with Crippen LogP contribution in [0.15, 0.2) is 87.8 Å². The third kappa shape index (κ3) is 5.74. The molecule has 0 unspecified atom stereocenters. The number of carbonyl (C=O) groups excluding carboxylic acids is 1. The summed E-state index contributed by atoms with van der Waals surface area (Å²) in [6.45, 7) is 3.89. The molecule has 9 heteroatoms. The van der Waals surface area contributed by atoms with E-state index in [0.29, 0.717) is 11.0 Å². The van der Waals surface area contributed by atoms with Crippen molar-refractivity contribution < 1.29 is 4.79 Å². The van der Waals surface area contributed by atoms with Crippen LogP contribution in [0.25, 0.3) is 17.1 Å². The molecule has 166 valence electrons. The summed E-state index contributed by atoms with van der Waals surface area (Å²) in [6.07, 6.45) is 3.43. The highest BCUT2D eigenvalue weighted by Crippen LogP contribution is 2.28. The van der Waals surface area contributed by atoms with Crippen molar-refractivity contribution in [1.29, 1.82) is 0 Å². The highest BCUT2D eigenvalue weighted by atomic mass is 79.9. The first kappa shape index (κ1) is 22.9. The average molecular weight is 521 g/mol. The lowest BCUT2D eigenvalue weighted by Crippen LogP contribution is -2.21. The number of carbonyl (C=O) groups is 1. The third-order valence-electron chi connectivity index (χ3n) is 4.81. The van der Waals surface area contributed by atoms with Gasteiger partial charge in [-0.3, -0.25) is 14.3 Å². The molecular formula is C24H21BrN6OS. The van der Waals surface area contributed by atoms with Gasteiger partial charge < -0.3 is 0 Å². The van der Waals surface area contributed by atoms with Crippen molar-refractivity contribution in [2.45, 2.75) is 19.0 Å². The minimum absolute atomic E-state index is 0.148. The van der Waals surface area contributed by atoms with Crippen molar-refractivity contribution >= 4 is 39.3 Å². The first-order valence-corrected chi connectivity index (χ1v) is 11.9. The Hall–Kier alpha value is -3.30. The van der Waals surface area contributed by atoms with E-state index in [4.69, 9.17) is 0 Å². The van der Waals surface area contributed by atoms with E-state index in [0.717, 1.165) is 27.0 Å². The number of hydrazone groups is 1. The van der Waals surface area contributed by atoms with E-state index in [9.17, 15) is 4.79 Å². The molecule has 1 N–H and O–H groups in total. The number of nitrogens with one attached hydrogen (secondary N) is 1. The van der Waals surface area contributed by atoms with Crippen LogP contribution in [0.4, 0.5) is 0 Å². The second-order valence-corrected chi connectivity index (χ2v) is 9.10. The molecule has 2 aromatic carbocycles. The van der Waals surface area contributed by atoms with E-state index in [1.165, 1.54) is 17.3 Å². The Kier molecular flexibility index (Phi) is 7.31. The Morgan fingerprint density at radius 3 is 2.42 bits per heavy atom. The van der Waals surface area contributed by atoms with Crippen LogP contribution in [0.1, 0.15) is 18.1 Å². The maximum absolute atomic E-state index is 12.5. The predicted octanol–water partition coefficient (Wildman–Crippen LogP) is 5.03. The van der Waals surface area contributed by atoms with E-state index in [-0.39, 0.29) is 11.7 Å². The molecule has 0 spiro atoms. The number of halogens is 1. The Morgan fingerprint density at radius 1 is 1.03 bits per heavy atom. The monoisotopic (exact) mass is 520 g/mol. The fourth-order valence-corrected chi connectivity index (χ4v) is 4.05. The zero-order chi connectivity index (χ0) is 23.2. The zero-order valence-electron chi connectivity index (χ0n) is 18.1. The van der Waals surface area contributed by atoms with Gasteiger partial charge in [0.05, 0.1) is 11.5 Å². The van der Waals surface area contributed by atoms with Crippen molar-refractivity contribution in [3.05, 3.63) is 88.7 Å². The SMILES string of the molecule is C/C(=N\NC(=O)CSc1nnc(-c2ccncc2)n1-c1ccc(Br)cc1)c1ccc(C)cc1. The number of hydrogen-bond acceptors (Lipinski definition) is 6. The zero-order valence-corrected chi connectivity index (χ0v) is 20.5. The summed E-state index contributed by atoms with van der Waals surface area (Å²) in [7, 11) is 0. The van der Waals surface area contributed by atoms with Gasteiger partial charge >= 0.3 is 0 Å². The second-order valence-electron chi connectivity index (χ2n) is 7.24. The Labute approximate surface area is 204 Å². The lowest BCUT2D eigenvalue weighted by Gasteiger charge is -2.10. The molecule has 33 heavy (non-hydrogen) atoms. The molecule has 0 saturated carbocycles. The average Bonchev–Trinajstić information content (AvgIpc) is 3.26. The molecule has 0 aliphatic heterocycles. The van der Waals surface area contributed by atoms with Crippen LogP contribution in [-0.2, 0) is 4.79 Å². The summed E-state index contributed by atoms with van der Waals surface area (Å²) in [6, 6.07) is 19.6. The molecule has 4 rings (SSSR count). The molecule has 7 nitrogen and oxygen atoms in total. The third-order valence-corrected chi connectivity index (χ3v) is 6.26. The standard InChI is InChI=1S/C24H21BrN6OS/c1-16-3-5-18(6-4-16)17(2)27-28-22(32)15-33-24-30-29-23(19-11-13-26-14-12-19)31(24)21-9-7-20(25)8-10-21/h3-14H,15H2,1-2H3,(H,28,32)/b27-17+. The molecule has 0 aliphatic rings. The Balaban J connectivity index is 1.51. The predicted molar refractivity (Wildman–Crippen MR) is 135 cm³/mol. The number of thioether (sulfide) groups is 1. The first-order chi connectivity index (χ1) is 16.0. The van der Waals surface area contributed by atoms with E-state index >= 15 is 0 Å². The minimum atomic E-state index is -0.220. The van der Waals surface area contributed by atoms with Gasteiger partial charge in [-0.2, -0.15) is 5.10 Å². The smallest absolute Gasteiger partial charge is 0.250 e. The van der Waals surface area contributed by atoms with Gasteiger partial charge in [0, 0.05) is 28.1 Å². The summed E-state index contributed by atoms with van der Waals surface area (Å²) in [4.78, 5) is 16.5. The molecule has 4 aromatic rings. The Bertz CT molecular complexity index is 1270. The lowest BCUT2D eigenvalue weighted by molar-refractivity contribution is -0.118. The van der Waals surface area contributed by atoms with Crippen LogP contribution in [0, 0.1) is 6.92 Å². The van der Waals surface area contributed by atoms with Gasteiger partial charge in [-0.1, -0.05) is 57.5 Å². The van der Waals surface area contributed by atoms with Crippen LogP contribution in [0.3, 0.4) is 0 Å². The molecule has 1 amide bonds. The van der Waals surface area contributed by atoms with Crippen LogP contribution < -0.4 is 5.43 Å². The second kappa shape index (κ2) is 10.5. The van der Waals surface area contributed by atoms with E-state index < -0.39 is 0 Å². The van der Waals surface area contributed by atoms with Crippen molar-refractivity contribution in [3.63, 3.8) is 0 Å². The molecule has 2 heterocycles. The molecule has 0 radical (unpaired) electrons. The summed E-state index contributed by atoms with van der Waals surface area (Å²) in [5, 5.41) is 13.6. The highest BCUT2D eigenvalue weighted by molar-refractivity contribution is 9.10. The Morgan fingerprint density at radius 2 is 1.73 bits per heavy atom. The molecular weight excluding hydrogens is 500 g/mol. The number of rotatable bonds is 7. The van der Waals surface area contributed by atoms with Crippen LogP contribution in [0.2, 0.25) is 0 Å². The normalized spacial score (nSPS) is 11.4. The van der Waals surface area contributed by atoms with Crippen molar-refractivity contribution in [2.24, 2.45) is 5.10 Å². The number of benzene rings is 2. The summed E-state index contributed by atoms with van der Waals surface area (Å²) < 4.78 is 2.90. The fraction of sp³-hybridized carbons (Fsp3) is 0.125. The van der Waals surface area contributed by atoms with E-state index in [2.05, 4.69) is 41.6 Å². The largest absolute Gasteiger partial charge is 0.272 e. The van der Waals surface area contributed by atoms with Crippen molar-refractivity contribution in [3.8, 4) is 17.1 Å². The highest BCUT2D eigenvalue weighted by Gasteiger charge is 2.17. The van der Waals surface area contributed by atoms with Crippen molar-refractivity contribution in [2.75, 3.05) is 5.75 Å². The van der Waals surface area contributed by atoms with Gasteiger partial charge in [0.1, 0.15) is 0 Å². The summed E-state index contributed by atoms with van der Waals surface area (Å²) >= 11 is 4.77. The van der Waals surface area contributed by atoms with E-state index in [1.807, 2.05) is 79.1 Å². The van der Waals surface area contributed by atoms with Crippen LogP contribution in [-0.4, -0.2) is 37.1 Å². The fourth-order valence-electron chi connectivity index (χ4n) is 3.04. The molecule has 0 atom stereocenters. The molecule has 0 fully saturated rings. The maximum Gasteiger partial charge on any atom is 0.250 e. The topological polar surface area (TPSA) is 85.1 Å². The minimum Gasteiger partial charge on any atom is -0.272 e. The number of nitrogens with zero attached hydrogens (tertiary/aromatic N) is 5. The van der Waals surface area contributed by atoms with Gasteiger partial charge in [-0.15, -0.1) is 10.2 Å².